The highest BCUT2D eigenvalue weighted by atomic mass is 32.2. The number of hydrogen-bond acceptors (Lipinski definition) is 6. The summed E-state index contributed by atoms with van der Waals surface area (Å²) in [6, 6.07) is 15.0. The van der Waals surface area contributed by atoms with Crippen LogP contribution >= 0.6 is 23.1 Å². The van der Waals surface area contributed by atoms with Crippen LogP contribution < -0.4 is 4.80 Å². The predicted molar refractivity (Wildman–Crippen MR) is 129 cm³/mol. The molecule has 0 spiro atoms. The molecule has 0 atom stereocenters. The summed E-state index contributed by atoms with van der Waals surface area (Å²) in [7, 11) is 3.35. The van der Waals surface area contributed by atoms with E-state index in [9.17, 15) is 14.4 Å². The lowest BCUT2D eigenvalue weighted by Crippen LogP contribution is -2.23. The average Bonchev–Trinajstić information content (AvgIpc) is 3.23. The molecule has 3 aromatic rings. The molecular formula is C24H25N3O4S2. The van der Waals surface area contributed by atoms with Gasteiger partial charge in [0.15, 0.2) is 11.4 Å². The van der Waals surface area contributed by atoms with E-state index in [4.69, 9.17) is 4.74 Å². The number of hydrogen-bond donors (Lipinski definition) is 0. The van der Waals surface area contributed by atoms with Gasteiger partial charge in [-0.3, -0.25) is 9.59 Å². The van der Waals surface area contributed by atoms with E-state index < -0.39 is 18.5 Å². The summed E-state index contributed by atoms with van der Waals surface area (Å²) in [5.74, 6) is -1.04. The van der Waals surface area contributed by atoms with Gasteiger partial charge in [-0.25, -0.2) is 4.79 Å². The summed E-state index contributed by atoms with van der Waals surface area (Å²) in [6.07, 6.45) is 1.87. The number of carbonyl (C=O) groups is 3. The van der Waals surface area contributed by atoms with E-state index in [-0.39, 0.29) is 11.7 Å². The van der Waals surface area contributed by atoms with Crippen LogP contribution in [0.2, 0.25) is 0 Å². The Morgan fingerprint density at radius 2 is 1.82 bits per heavy atom. The van der Waals surface area contributed by atoms with E-state index in [1.807, 2.05) is 47.3 Å². The van der Waals surface area contributed by atoms with Crippen LogP contribution in [0.25, 0.3) is 0 Å². The summed E-state index contributed by atoms with van der Waals surface area (Å²) in [5.41, 5.74) is 2.59. The van der Waals surface area contributed by atoms with Gasteiger partial charge in [-0.05, 0) is 24.6 Å². The van der Waals surface area contributed by atoms with Crippen LogP contribution in [0.1, 0.15) is 21.5 Å². The minimum Gasteiger partial charge on any atom is -0.452 e. The number of aryl methyl sites for hydroxylation is 1. The molecule has 2 aromatic carbocycles. The topological polar surface area (TPSA) is 81.0 Å². The summed E-state index contributed by atoms with van der Waals surface area (Å²) in [6.45, 7) is 2.16. The number of carbonyl (C=O) groups excluding carboxylic acids is 3. The van der Waals surface area contributed by atoms with Crippen LogP contribution in [0, 0.1) is 6.92 Å². The number of rotatable bonds is 8. The van der Waals surface area contributed by atoms with Gasteiger partial charge in [0, 0.05) is 37.1 Å². The smallest absolute Gasteiger partial charge is 0.339 e. The van der Waals surface area contributed by atoms with Crippen molar-refractivity contribution in [3.63, 3.8) is 0 Å². The summed E-state index contributed by atoms with van der Waals surface area (Å²) in [5, 5.41) is 1.86. The molecule has 1 heterocycles. The first-order chi connectivity index (χ1) is 15.8. The fourth-order valence-corrected chi connectivity index (χ4v) is 4.53. The third-order valence-corrected chi connectivity index (χ3v) is 6.49. The summed E-state index contributed by atoms with van der Waals surface area (Å²) >= 11 is 2.59. The summed E-state index contributed by atoms with van der Waals surface area (Å²) in [4.78, 5) is 43.5. The molecule has 3 rings (SSSR count). The van der Waals surface area contributed by atoms with E-state index in [2.05, 4.69) is 4.99 Å². The third kappa shape index (κ3) is 7.16. The van der Waals surface area contributed by atoms with E-state index in [1.165, 1.54) is 33.6 Å². The lowest BCUT2D eigenvalue weighted by Gasteiger charge is -2.11. The van der Waals surface area contributed by atoms with Crippen molar-refractivity contribution in [2.45, 2.75) is 18.4 Å². The minimum absolute atomic E-state index is 0.0629. The second kappa shape index (κ2) is 11.6. The number of thioether (sulfide) groups is 1. The maximum absolute atomic E-state index is 12.6. The Bertz CT molecular complexity index is 1200. The van der Waals surface area contributed by atoms with E-state index >= 15 is 0 Å². The number of esters is 1. The first kappa shape index (κ1) is 24.5. The maximum Gasteiger partial charge on any atom is 0.339 e. The van der Waals surface area contributed by atoms with Gasteiger partial charge in [0.1, 0.15) is 0 Å². The van der Waals surface area contributed by atoms with E-state index in [0.717, 1.165) is 5.56 Å². The molecule has 0 N–H and O–H groups in total. The molecule has 1 aromatic heterocycles. The molecule has 9 heteroatoms. The Labute approximate surface area is 200 Å². The van der Waals surface area contributed by atoms with Gasteiger partial charge in [-0.2, -0.15) is 4.99 Å². The number of nitrogens with zero attached hydrogens (tertiary/aromatic N) is 3. The lowest BCUT2D eigenvalue weighted by molar-refractivity contribution is -0.125. The first-order valence-corrected chi connectivity index (χ1v) is 12.1. The molecule has 0 aliphatic rings. The van der Waals surface area contributed by atoms with Gasteiger partial charge in [0.2, 0.25) is 5.91 Å². The number of thiazole rings is 1. The molecule has 0 saturated heterocycles. The van der Waals surface area contributed by atoms with Crippen LogP contribution in [-0.2, 0) is 20.9 Å². The second-order valence-electron chi connectivity index (χ2n) is 7.45. The van der Waals surface area contributed by atoms with E-state index in [0.29, 0.717) is 21.8 Å². The molecule has 0 saturated carbocycles. The predicted octanol–water partition coefficient (Wildman–Crippen LogP) is 3.37. The highest BCUT2D eigenvalue weighted by Crippen LogP contribution is 2.23. The van der Waals surface area contributed by atoms with E-state index in [1.54, 1.807) is 38.4 Å². The molecular weight excluding hydrogens is 458 g/mol. The average molecular weight is 484 g/mol. The molecule has 0 aliphatic heterocycles. The lowest BCUT2D eigenvalue weighted by atomic mass is 10.1. The molecule has 2 amide bonds. The van der Waals surface area contributed by atoms with Gasteiger partial charge >= 0.3 is 5.97 Å². The molecule has 33 heavy (non-hydrogen) atoms. The molecule has 7 nitrogen and oxygen atoms in total. The first-order valence-electron chi connectivity index (χ1n) is 10.2. The Morgan fingerprint density at radius 1 is 1.09 bits per heavy atom. The van der Waals surface area contributed by atoms with Gasteiger partial charge in [-0.15, -0.1) is 23.1 Å². The van der Waals surface area contributed by atoms with Crippen molar-refractivity contribution in [2.75, 3.05) is 26.5 Å². The zero-order valence-electron chi connectivity index (χ0n) is 18.7. The minimum atomic E-state index is -0.627. The number of benzene rings is 2. The van der Waals surface area contributed by atoms with Crippen molar-refractivity contribution < 1.29 is 19.1 Å². The Balaban J connectivity index is 1.62. The third-order valence-electron chi connectivity index (χ3n) is 4.64. The van der Waals surface area contributed by atoms with Crippen LogP contribution in [0.3, 0.4) is 0 Å². The Kier molecular flexibility index (Phi) is 8.62. The fourth-order valence-electron chi connectivity index (χ4n) is 2.77. The zero-order valence-corrected chi connectivity index (χ0v) is 20.3. The van der Waals surface area contributed by atoms with Crippen LogP contribution in [-0.4, -0.2) is 53.7 Å². The maximum atomic E-state index is 12.6. The van der Waals surface area contributed by atoms with Gasteiger partial charge < -0.3 is 14.2 Å². The molecule has 0 radical (unpaired) electrons. The van der Waals surface area contributed by atoms with Gasteiger partial charge in [-0.1, -0.05) is 42.0 Å². The standard InChI is InChI=1S/C24H25N3O4S2/c1-17-8-10-18(11-9-17)14-27-12-13-32-24(27)25-21(28)15-31-23(30)19-6-4-5-7-20(19)33-16-22(29)26(2)3/h4-13H,14-16H2,1-3H3. The Morgan fingerprint density at radius 3 is 2.55 bits per heavy atom. The number of aromatic nitrogens is 1. The van der Waals surface area contributed by atoms with Gasteiger partial charge in [0.25, 0.3) is 5.91 Å². The van der Waals surface area contributed by atoms with Crippen molar-refractivity contribution in [2.24, 2.45) is 4.99 Å². The van der Waals surface area contributed by atoms with Crippen LogP contribution in [0.4, 0.5) is 0 Å². The molecule has 0 unspecified atom stereocenters. The fraction of sp³-hybridized carbons (Fsp3) is 0.250. The zero-order chi connectivity index (χ0) is 23.8. The molecule has 0 fully saturated rings. The number of ether oxygens (including phenoxy) is 1. The molecule has 0 aliphatic carbocycles. The molecule has 172 valence electrons. The van der Waals surface area contributed by atoms with Crippen LogP contribution in [0.5, 0.6) is 0 Å². The highest BCUT2D eigenvalue weighted by molar-refractivity contribution is 8.00. The highest BCUT2D eigenvalue weighted by Gasteiger charge is 2.16. The van der Waals surface area contributed by atoms with Crippen molar-refractivity contribution in [1.82, 2.24) is 9.47 Å². The van der Waals surface area contributed by atoms with Crippen molar-refractivity contribution >= 4 is 40.9 Å². The summed E-state index contributed by atoms with van der Waals surface area (Å²) < 4.78 is 7.09. The van der Waals surface area contributed by atoms with Crippen molar-refractivity contribution in [3.8, 4) is 0 Å². The monoisotopic (exact) mass is 483 g/mol. The largest absolute Gasteiger partial charge is 0.452 e. The Hall–Kier alpha value is -3.17. The number of amides is 2. The molecule has 0 bridgehead atoms. The second-order valence-corrected chi connectivity index (χ2v) is 9.34. The van der Waals surface area contributed by atoms with Crippen molar-refractivity contribution in [1.29, 1.82) is 0 Å². The quantitative estimate of drug-likeness (QED) is 0.363. The van der Waals surface area contributed by atoms with Gasteiger partial charge in [0.05, 0.1) is 11.3 Å². The normalized spacial score (nSPS) is 11.3. The van der Waals surface area contributed by atoms with Crippen molar-refractivity contribution in [3.05, 3.63) is 81.6 Å². The SMILES string of the molecule is Cc1ccc(Cn2ccsc2=NC(=O)COC(=O)c2ccccc2SCC(=O)N(C)C)cc1. The van der Waals surface area contributed by atoms with Crippen LogP contribution in [0.15, 0.2) is 70.0 Å².